The lowest BCUT2D eigenvalue weighted by Gasteiger charge is -2.31. The van der Waals surface area contributed by atoms with Crippen molar-refractivity contribution in [3.8, 4) is 0 Å². The van der Waals surface area contributed by atoms with Gasteiger partial charge in [-0.1, -0.05) is 42.7 Å². The third-order valence-corrected chi connectivity index (χ3v) is 5.35. The van der Waals surface area contributed by atoms with E-state index in [4.69, 9.17) is 0 Å². The van der Waals surface area contributed by atoms with Crippen molar-refractivity contribution >= 4 is 5.91 Å². The summed E-state index contributed by atoms with van der Waals surface area (Å²) in [6, 6.07) is 8.66. The van der Waals surface area contributed by atoms with Gasteiger partial charge in [-0.2, -0.15) is 0 Å². The van der Waals surface area contributed by atoms with E-state index in [1.165, 1.54) is 30.4 Å². The minimum absolute atomic E-state index is 0.114. The molecule has 0 bridgehead atoms. The van der Waals surface area contributed by atoms with Crippen LogP contribution in [0.15, 0.2) is 24.3 Å². The van der Waals surface area contributed by atoms with Crippen LogP contribution in [0.25, 0.3) is 0 Å². The van der Waals surface area contributed by atoms with Crippen molar-refractivity contribution in [2.75, 3.05) is 13.1 Å². The van der Waals surface area contributed by atoms with Crippen LogP contribution in [0.5, 0.6) is 0 Å². The Kier molecular flexibility index (Phi) is 4.82. The van der Waals surface area contributed by atoms with Crippen molar-refractivity contribution in [3.63, 3.8) is 0 Å². The number of hydrogen-bond donors (Lipinski definition) is 2. The van der Waals surface area contributed by atoms with Gasteiger partial charge < -0.3 is 10.6 Å². The van der Waals surface area contributed by atoms with E-state index < -0.39 is 0 Å². The molecule has 2 N–H and O–H groups in total. The molecule has 1 unspecified atom stereocenters. The van der Waals surface area contributed by atoms with E-state index in [-0.39, 0.29) is 11.4 Å². The quantitative estimate of drug-likeness (QED) is 0.876. The molecule has 2 aliphatic rings. The molecule has 1 aromatic rings. The van der Waals surface area contributed by atoms with Crippen molar-refractivity contribution in [2.45, 2.75) is 57.4 Å². The zero-order chi connectivity index (χ0) is 15.4. The Morgan fingerprint density at radius 1 is 1.36 bits per heavy atom. The van der Waals surface area contributed by atoms with Crippen molar-refractivity contribution in [1.29, 1.82) is 0 Å². The maximum atomic E-state index is 12.5. The number of rotatable bonds is 5. The Morgan fingerprint density at radius 2 is 2.18 bits per heavy atom. The van der Waals surface area contributed by atoms with Gasteiger partial charge in [-0.25, -0.2) is 0 Å². The molecule has 3 nitrogen and oxygen atoms in total. The average molecular weight is 300 g/mol. The van der Waals surface area contributed by atoms with E-state index in [9.17, 15) is 4.79 Å². The highest BCUT2D eigenvalue weighted by atomic mass is 16.1. The summed E-state index contributed by atoms with van der Waals surface area (Å²) in [6.45, 7) is 4.32. The second-order valence-electron chi connectivity index (χ2n) is 7.10. The zero-order valence-electron chi connectivity index (χ0n) is 13.7. The van der Waals surface area contributed by atoms with Crippen LogP contribution in [0.1, 0.15) is 56.1 Å². The summed E-state index contributed by atoms with van der Waals surface area (Å²) in [5.74, 6) is 0.916. The first-order chi connectivity index (χ1) is 10.7. The summed E-state index contributed by atoms with van der Waals surface area (Å²) in [6.07, 6.45) is 7.47. The van der Waals surface area contributed by atoms with Crippen LogP contribution in [0.3, 0.4) is 0 Å². The molecule has 0 spiro atoms. The van der Waals surface area contributed by atoms with Gasteiger partial charge in [-0.3, -0.25) is 4.79 Å². The molecule has 1 saturated heterocycles. The van der Waals surface area contributed by atoms with E-state index in [0.29, 0.717) is 12.3 Å². The van der Waals surface area contributed by atoms with Gasteiger partial charge in [0.15, 0.2) is 0 Å². The van der Waals surface area contributed by atoms with Crippen LogP contribution in [0.4, 0.5) is 0 Å². The van der Waals surface area contributed by atoms with Crippen LogP contribution in [-0.2, 0) is 10.3 Å². The first-order valence-electron chi connectivity index (χ1n) is 8.77. The van der Waals surface area contributed by atoms with Crippen LogP contribution < -0.4 is 10.6 Å². The lowest BCUT2D eigenvalue weighted by atomic mass is 9.87. The molecule has 22 heavy (non-hydrogen) atoms. The fourth-order valence-electron chi connectivity index (χ4n) is 4.03. The first kappa shape index (κ1) is 15.5. The fraction of sp³-hybridized carbons (Fsp3) is 0.632. The SMILES string of the molecule is Cc1cccc(C2(NC(=O)CCC3CCNC3)CCCC2)c1. The highest BCUT2D eigenvalue weighted by molar-refractivity contribution is 5.77. The maximum absolute atomic E-state index is 12.5. The molecule has 0 aromatic heterocycles. The normalized spacial score (nSPS) is 23.6. The maximum Gasteiger partial charge on any atom is 0.220 e. The molecule has 0 radical (unpaired) electrons. The molecule has 1 amide bonds. The van der Waals surface area contributed by atoms with E-state index in [0.717, 1.165) is 32.4 Å². The number of amides is 1. The molecule has 1 aliphatic heterocycles. The third kappa shape index (κ3) is 3.52. The first-order valence-corrected chi connectivity index (χ1v) is 8.77. The molecule has 3 heteroatoms. The second kappa shape index (κ2) is 6.82. The predicted molar refractivity (Wildman–Crippen MR) is 89.7 cm³/mol. The van der Waals surface area contributed by atoms with Crippen molar-refractivity contribution < 1.29 is 4.79 Å². The summed E-state index contributed by atoms with van der Waals surface area (Å²) in [5, 5.41) is 6.78. The van der Waals surface area contributed by atoms with Crippen LogP contribution >= 0.6 is 0 Å². The predicted octanol–water partition coefficient (Wildman–Crippen LogP) is 3.27. The summed E-state index contributed by atoms with van der Waals surface area (Å²) >= 11 is 0. The molecular formula is C19H28N2O. The Bertz CT molecular complexity index is 514. The Morgan fingerprint density at radius 3 is 2.86 bits per heavy atom. The summed E-state index contributed by atoms with van der Waals surface area (Å²) in [5.41, 5.74) is 2.45. The van der Waals surface area contributed by atoms with Crippen molar-refractivity contribution in [2.24, 2.45) is 5.92 Å². The minimum Gasteiger partial charge on any atom is -0.347 e. The number of aryl methyl sites for hydroxylation is 1. The Labute approximate surface area is 133 Å². The number of carbonyl (C=O) groups is 1. The minimum atomic E-state index is -0.114. The van der Waals surface area contributed by atoms with Crippen molar-refractivity contribution in [3.05, 3.63) is 35.4 Å². The number of carbonyl (C=O) groups excluding carboxylic acids is 1. The lowest BCUT2D eigenvalue weighted by Crippen LogP contribution is -2.43. The molecule has 1 atom stereocenters. The topological polar surface area (TPSA) is 41.1 Å². The van der Waals surface area contributed by atoms with Gasteiger partial charge >= 0.3 is 0 Å². The van der Waals surface area contributed by atoms with E-state index in [1.54, 1.807) is 0 Å². The fourth-order valence-corrected chi connectivity index (χ4v) is 4.03. The molecule has 2 fully saturated rings. The number of hydrogen-bond acceptors (Lipinski definition) is 2. The lowest BCUT2D eigenvalue weighted by molar-refractivity contribution is -0.123. The standard InChI is InChI=1S/C19H28N2O/c1-15-5-4-6-17(13-15)19(10-2-3-11-19)21-18(22)8-7-16-9-12-20-14-16/h4-6,13,16,20H,2-3,7-12,14H2,1H3,(H,21,22). The van der Waals surface area contributed by atoms with Gasteiger partial charge in [-0.15, -0.1) is 0 Å². The largest absolute Gasteiger partial charge is 0.347 e. The molecular weight excluding hydrogens is 272 g/mol. The number of benzene rings is 1. The van der Waals surface area contributed by atoms with E-state index in [2.05, 4.69) is 41.8 Å². The van der Waals surface area contributed by atoms with Gasteiger partial charge in [0.2, 0.25) is 5.91 Å². The smallest absolute Gasteiger partial charge is 0.220 e. The van der Waals surface area contributed by atoms with Crippen LogP contribution in [0, 0.1) is 12.8 Å². The van der Waals surface area contributed by atoms with Gasteiger partial charge in [0.1, 0.15) is 0 Å². The summed E-state index contributed by atoms with van der Waals surface area (Å²) in [7, 11) is 0. The van der Waals surface area contributed by atoms with E-state index >= 15 is 0 Å². The third-order valence-electron chi connectivity index (χ3n) is 5.35. The van der Waals surface area contributed by atoms with Crippen LogP contribution in [-0.4, -0.2) is 19.0 Å². The van der Waals surface area contributed by atoms with Gasteiger partial charge in [-0.05, 0) is 57.2 Å². The second-order valence-corrected chi connectivity index (χ2v) is 7.10. The summed E-state index contributed by atoms with van der Waals surface area (Å²) in [4.78, 5) is 12.5. The highest BCUT2D eigenvalue weighted by Crippen LogP contribution is 2.39. The Hall–Kier alpha value is -1.35. The van der Waals surface area contributed by atoms with Gasteiger partial charge in [0.25, 0.3) is 0 Å². The Balaban J connectivity index is 1.64. The zero-order valence-corrected chi connectivity index (χ0v) is 13.7. The highest BCUT2D eigenvalue weighted by Gasteiger charge is 2.37. The van der Waals surface area contributed by atoms with Gasteiger partial charge in [0.05, 0.1) is 5.54 Å². The molecule has 1 aromatic carbocycles. The number of nitrogens with one attached hydrogen (secondary N) is 2. The molecule has 1 saturated carbocycles. The van der Waals surface area contributed by atoms with E-state index in [1.807, 2.05) is 0 Å². The van der Waals surface area contributed by atoms with Gasteiger partial charge in [0, 0.05) is 6.42 Å². The molecule has 120 valence electrons. The molecule has 1 aliphatic carbocycles. The molecule has 1 heterocycles. The van der Waals surface area contributed by atoms with Crippen molar-refractivity contribution in [1.82, 2.24) is 10.6 Å². The summed E-state index contributed by atoms with van der Waals surface area (Å²) < 4.78 is 0. The molecule has 3 rings (SSSR count). The van der Waals surface area contributed by atoms with Crippen LogP contribution in [0.2, 0.25) is 0 Å². The monoisotopic (exact) mass is 300 g/mol. The average Bonchev–Trinajstić information content (AvgIpc) is 3.17.